The van der Waals surface area contributed by atoms with E-state index in [1.807, 2.05) is 0 Å². The van der Waals surface area contributed by atoms with E-state index < -0.39 is 0 Å². The van der Waals surface area contributed by atoms with Gasteiger partial charge in [-0.1, -0.05) is 6.07 Å². The molecule has 2 rings (SSSR count). The van der Waals surface area contributed by atoms with E-state index in [1.165, 1.54) is 24.5 Å². The average molecular weight is 240 g/mol. The van der Waals surface area contributed by atoms with Gasteiger partial charge in [0.1, 0.15) is 0 Å². The van der Waals surface area contributed by atoms with Crippen LogP contribution in [0.5, 0.6) is 0 Å². The maximum absolute atomic E-state index is 5.64. The summed E-state index contributed by atoms with van der Waals surface area (Å²) in [6, 6.07) is 4.20. The van der Waals surface area contributed by atoms with Gasteiger partial charge in [-0.2, -0.15) is 0 Å². The molecule has 0 aliphatic carbocycles. The molecule has 16 heavy (non-hydrogen) atoms. The van der Waals surface area contributed by atoms with E-state index in [-0.39, 0.29) is 0 Å². The number of piperazine rings is 1. The second kappa shape index (κ2) is 7.01. The number of rotatable bonds is 6. The molecule has 4 heteroatoms. The Morgan fingerprint density at radius 1 is 1.38 bits per heavy atom. The molecule has 0 unspecified atom stereocenters. The molecule has 0 aromatic carbocycles. The van der Waals surface area contributed by atoms with Crippen molar-refractivity contribution in [3.63, 3.8) is 0 Å². The van der Waals surface area contributed by atoms with Gasteiger partial charge in [0.2, 0.25) is 0 Å². The lowest BCUT2D eigenvalue weighted by atomic mass is 10.3. The van der Waals surface area contributed by atoms with Crippen LogP contribution in [0.25, 0.3) is 0 Å². The van der Waals surface area contributed by atoms with Crippen LogP contribution in [0.3, 0.4) is 0 Å². The van der Waals surface area contributed by atoms with E-state index >= 15 is 0 Å². The minimum absolute atomic E-state index is 0.777. The van der Waals surface area contributed by atoms with Crippen molar-refractivity contribution in [1.82, 2.24) is 10.2 Å². The molecule has 1 aliphatic heterocycles. The minimum Gasteiger partial charge on any atom is -0.376 e. The molecule has 1 aromatic heterocycles. The number of nitrogens with zero attached hydrogens (tertiary/aromatic N) is 1. The molecule has 0 amide bonds. The summed E-state index contributed by atoms with van der Waals surface area (Å²) in [6.07, 6.45) is 1.14. The van der Waals surface area contributed by atoms with Gasteiger partial charge in [0.05, 0.1) is 6.61 Å². The highest BCUT2D eigenvalue weighted by atomic mass is 32.1. The summed E-state index contributed by atoms with van der Waals surface area (Å²) in [5.74, 6) is 0. The van der Waals surface area contributed by atoms with E-state index in [9.17, 15) is 0 Å². The van der Waals surface area contributed by atoms with Crippen molar-refractivity contribution >= 4 is 11.3 Å². The van der Waals surface area contributed by atoms with Crippen LogP contribution in [0.15, 0.2) is 17.5 Å². The van der Waals surface area contributed by atoms with Crippen molar-refractivity contribution in [1.29, 1.82) is 0 Å². The second-order valence-corrected chi connectivity index (χ2v) is 5.11. The molecule has 1 aliphatic rings. The van der Waals surface area contributed by atoms with Crippen molar-refractivity contribution in [2.75, 3.05) is 39.3 Å². The topological polar surface area (TPSA) is 24.5 Å². The molecule has 1 aromatic rings. The summed E-state index contributed by atoms with van der Waals surface area (Å²) in [5, 5.41) is 5.46. The van der Waals surface area contributed by atoms with Crippen LogP contribution in [0, 0.1) is 0 Å². The first-order chi connectivity index (χ1) is 7.95. The third-order valence-corrected chi connectivity index (χ3v) is 3.65. The fourth-order valence-electron chi connectivity index (χ4n) is 1.89. The van der Waals surface area contributed by atoms with Gasteiger partial charge in [0.25, 0.3) is 0 Å². The van der Waals surface area contributed by atoms with E-state index in [0.717, 1.165) is 32.7 Å². The van der Waals surface area contributed by atoms with Crippen molar-refractivity contribution in [3.8, 4) is 0 Å². The molecule has 2 heterocycles. The standard InChI is InChI=1S/C12H20N2OS/c1-3-12(16-10-1)11-15-9-2-6-14-7-4-13-5-8-14/h1,3,10,13H,2,4-9,11H2. The number of hydrogen-bond donors (Lipinski definition) is 1. The first-order valence-corrected chi connectivity index (χ1v) is 6.86. The van der Waals surface area contributed by atoms with E-state index in [4.69, 9.17) is 4.74 Å². The lowest BCUT2D eigenvalue weighted by Crippen LogP contribution is -2.43. The lowest BCUT2D eigenvalue weighted by molar-refractivity contribution is 0.108. The van der Waals surface area contributed by atoms with Crippen LogP contribution in [0.1, 0.15) is 11.3 Å². The Kier molecular flexibility index (Phi) is 5.28. The third kappa shape index (κ3) is 4.22. The number of thiophene rings is 1. The average Bonchev–Trinajstić information content (AvgIpc) is 2.83. The van der Waals surface area contributed by atoms with Crippen molar-refractivity contribution in [2.24, 2.45) is 0 Å². The number of ether oxygens (including phenoxy) is 1. The SMILES string of the molecule is c1csc(COCCCN2CCNCC2)c1. The van der Waals surface area contributed by atoms with E-state index in [1.54, 1.807) is 11.3 Å². The third-order valence-electron chi connectivity index (χ3n) is 2.80. The number of nitrogens with one attached hydrogen (secondary N) is 1. The van der Waals surface area contributed by atoms with Crippen LogP contribution in [0.2, 0.25) is 0 Å². The normalized spacial score (nSPS) is 17.8. The van der Waals surface area contributed by atoms with E-state index in [2.05, 4.69) is 27.7 Å². The van der Waals surface area contributed by atoms with Crippen molar-refractivity contribution in [3.05, 3.63) is 22.4 Å². The summed E-state index contributed by atoms with van der Waals surface area (Å²) >= 11 is 1.77. The Bertz CT molecular complexity index is 271. The molecule has 1 saturated heterocycles. The summed E-state index contributed by atoms with van der Waals surface area (Å²) < 4.78 is 5.64. The van der Waals surface area contributed by atoms with Crippen LogP contribution in [0.4, 0.5) is 0 Å². The van der Waals surface area contributed by atoms with Gasteiger partial charge in [0.15, 0.2) is 0 Å². The Morgan fingerprint density at radius 2 is 2.25 bits per heavy atom. The van der Waals surface area contributed by atoms with E-state index in [0.29, 0.717) is 0 Å². The zero-order chi connectivity index (χ0) is 11.1. The fourth-order valence-corrected chi connectivity index (χ4v) is 2.53. The van der Waals surface area contributed by atoms with Gasteiger partial charge in [-0.15, -0.1) is 11.3 Å². The van der Waals surface area contributed by atoms with Crippen molar-refractivity contribution < 1.29 is 4.74 Å². The Morgan fingerprint density at radius 3 is 3.00 bits per heavy atom. The fraction of sp³-hybridized carbons (Fsp3) is 0.667. The molecule has 0 spiro atoms. The molecule has 0 atom stereocenters. The quantitative estimate of drug-likeness (QED) is 0.764. The Balaban J connectivity index is 1.48. The maximum atomic E-state index is 5.64. The minimum atomic E-state index is 0.777. The van der Waals surface area contributed by atoms with Gasteiger partial charge in [-0.25, -0.2) is 0 Å². The zero-order valence-corrected chi connectivity index (χ0v) is 10.5. The molecule has 1 N–H and O–H groups in total. The van der Waals surface area contributed by atoms with Gasteiger partial charge in [-0.05, 0) is 17.9 Å². The van der Waals surface area contributed by atoms with Crippen LogP contribution < -0.4 is 5.32 Å². The van der Waals surface area contributed by atoms with Gasteiger partial charge in [0, 0.05) is 44.2 Å². The van der Waals surface area contributed by atoms with Crippen LogP contribution in [-0.2, 0) is 11.3 Å². The summed E-state index contributed by atoms with van der Waals surface area (Å²) in [7, 11) is 0. The molecule has 0 bridgehead atoms. The van der Waals surface area contributed by atoms with Gasteiger partial charge >= 0.3 is 0 Å². The predicted molar refractivity (Wildman–Crippen MR) is 67.9 cm³/mol. The summed E-state index contributed by atoms with van der Waals surface area (Å²) in [4.78, 5) is 3.83. The Hall–Kier alpha value is -0.420. The van der Waals surface area contributed by atoms with Crippen LogP contribution in [-0.4, -0.2) is 44.2 Å². The second-order valence-electron chi connectivity index (χ2n) is 4.08. The summed E-state index contributed by atoms with van der Waals surface area (Å²) in [6.45, 7) is 7.47. The molecule has 0 radical (unpaired) electrons. The predicted octanol–water partition coefficient (Wildman–Crippen LogP) is 1.56. The highest BCUT2D eigenvalue weighted by Gasteiger charge is 2.08. The van der Waals surface area contributed by atoms with Crippen LogP contribution >= 0.6 is 11.3 Å². The molecular formula is C12H20N2OS. The van der Waals surface area contributed by atoms with Gasteiger partial charge in [-0.3, -0.25) is 0 Å². The first-order valence-electron chi connectivity index (χ1n) is 5.98. The zero-order valence-electron chi connectivity index (χ0n) is 9.65. The highest BCUT2D eigenvalue weighted by molar-refractivity contribution is 7.09. The molecule has 3 nitrogen and oxygen atoms in total. The molecule has 1 fully saturated rings. The van der Waals surface area contributed by atoms with Gasteiger partial charge < -0.3 is 15.0 Å². The molecular weight excluding hydrogens is 220 g/mol. The molecule has 0 saturated carbocycles. The lowest BCUT2D eigenvalue weighted by Gasteiger charge is -2.26. The highest BCUT2D eigenvalue weighted by Crippen LogP contribution is 2.09. The summed E-state index contributed by atoms with van der Waals surface area (Å²) in [5.41, 5.74) is 0. The monoisotopic (exact) mass is 240 g/mol. The first kappa shape index (κ1) is 12.0. The molecule has 90 valence electrons. The largest absolute Gasteiger partial charge is 0.376 e. The van der Waals surface area contributed by atoms with Crippen molar-refractivity contribution in [2.45, 2.75) is 13.0 Å². The smallest absolute Gasteiger partial charge is 0.0809 e. The number of hydrogen-bond acceptors (Lipinski definition) is 4. The maximum Gasteiger partial charge on any atom is 0.0809 e. The Labute approximate surface area is 101 Å².